The molecule has 32 heavy (non-hydrogen) atoms. The number of aromatic nitrogens is 2. The van der Waals surface area contributed by atoms with Gasteiger partial charge in [-0.1, -0.05) is 12.1 Å². The van der Waals surface area contributed by atoms with Crippen LogP contribution in [0.5, 0.6) is 0 Å². The molecule has 1 atom stereocenters. The smallest absolute Gasteiger partial charge is 0.135 e. The second-order valence-electron chi connectivity index (χ2n) is 11.0. The lowest BCUT2D eigenvalue weighted by Gasteiger charge is -2.45. The first-order valence-electron chi connectivity index (χ1n) is 11.7. The van der Waals surface area contributed by atoms with Crippen LogP contribution in [0.3, 0.4) is 0 Å². The predicted octanol–water partition coefficient (Wildman–Crippen LogP) is 3.56. The van der Waals surface area contributed by atoms with Crippen molar-refractivity contribution in [3.8, 4) is 0 Å². The molecule has 2 aromatic rings. The Kier molecular flexibility index (Phi) is 3.96. The number of hydrogen-bond donors (Lipinski definition) is 4. The number of nitrogens with zero attached hydrogens (tertiary/aromatic N) is 3. The molecule has 5 fully saturated rings. The molecule has 1 aromatic carbocycles. The van der Waals surface area contributed by atoms with Gasteiger partial charge in [0.15, 0.2) is 0 Å². The number of fused-ring (bicyclic) bond motifs is 1. The van der Waals surface area contributed by atoms with Crippen LogP contribution in [0, 0.1) is 16.2 Å². The summed E-state index contributed by atoms with van der Waals surface area (Å²) >= 11 is 0. The number of benzene rings is 1. The average Bonchev–Trinajstić information content (AvgIpc) is 3.56. The maximum atomic E-state index is 10.6. The Hall–Kier alpha value is -2.51. The van der Waals surface area contributed by atoms with Crippen LogP contribution < -0.4 is 15.5 Å². The van der Waals surface area contributed by atoms with E-state index >= 15 is 0 Å². The first-order chi connectivity index (χ1) is 15.2. The van der Waals surface area contributed by atoms with Crippen molar-refractivity contribution >= 4 is 23.5 Å². The standard InChI is InChI=1S/C25H32N6O/c1-22(2,32)24-10-18(11-24)31(14-24)21-9-20(28-15-29-21)30-19-8-17(5-4-16(19)12-26)25(27-3)13-23(25)6-7-23/h4-5,8-9,12,15,18,26-27,32H,6-7,10-11,13-14H2,1-3H3,(H,28,29,30)/t18?,24?,25-/m1/s1. The van der Waals surface area contributed by atoms with Crippen molar-refractivity contribution in [3.05, 3.63) is 41.7 Å². The van der Waals surface area contributed by atoms with Gasteiger partial charge in [0.25, 0.3) is 0 Å². The summed E-state index contributed by atoms with van der Waals surface area (Å²) < 4.78 is 0. The predicted molar refractivity (Wildman–Crippen MR) is 126 cm³/mol. The highest BCUT2D eigenvalue weighted by Gasteiger charge is 2.74. The normalized spacial score (nSPS) is 31.4. The molecule has 0 unspecified atom stereocenters. The average molecular weight is 433 g/mol. The van der Waals surface area contributed by atoms with Gasteiger partial charge in [0.1, 0.15) is 18.0 Å². The Morgan fingerprint density at radius 3 is 2.59 bits per heavy atom. The van der Waals surface area contributed by atoms with Crippen LogP contribution in [0.2, 0.25) is 0 Å². The molecule has 2 aliphatic heterocycles. The molecule has 7 rings (SSSR count). The summed E-state index contributed by atoms with van der Waals surface area (Å²) in [6.45, 7) is 4.68. The Labute approximate surface area is 189 Å². The summed E-state index contributed by atoms with van der Waals surface area (Å²) in [4.78, 5) is 11.3. The summed E-state index contributed by atoms with van der Waals surface area (Å²) in [5.41, 5.74) is 2.82. The highest BCUT2D eigenvalue weighted by atomic mass is 16.3. The second kappa shape index (κ2) is 6.29. The Balaban J connectivity index is 1.27. The van der Waals surface area contributed by atoms with Crippen LogP contribution in [0.25, 0.3) is 0 Å². The molecule has 4 N–H and O–H groups in total. The van der Waals surface area contributed by atoms with Crippen LogP contribution in [0.4, 0.5) is 17.3 Å². The third kappa shape index (κ3) is 2.64. The monoisotopic (exact) mass is 432 g/mol. The molecule has 3 heterocycles. The minimum absolute atomic E-state index is 0.0393. The zero-order valence-corrected chi connectivity index (χ0v) is 19.1. The number of anilines is 3. The zero-order chi connectivity index (χ0) is 22.4. The van der Waals surface area contributed by atoms with Gasteiger partial charge in [0.2, 0.25) is 0 Å². The summed E-state index contributed by atoms with van der Waals surface area (Å²) in [5.74, 6) is 1.63. The molecule has 3 saturated carbocycles. The van der Waals surface area contributed by atoms with Crippen molar-refractivity contribution in [2.24, 2.45) is 10.8 Å². The van der Waals surface area contributed by atoms with Crippen molar-refractivity contribution in [2.75, 3.05) is 23.8 Å². The maximum absolute atomic E-state index is 10.6. The lowest BCUT2D eigenvalue weighted by Crippen LogP contribution is -2.50. The molecular weight excluding hydrogens is 400 g/mol. The largest absolute Gasteiger partial charge is 0.390 e. The third-order valence-corrected chi connectivity index (χ3v) is 9.04. The molecule has 0 radical (unpaired) electrons. The number of rotatable bonds is 7. The summed E-state index contributed by atoms with van der Waals surface area (Å²) in [7, 11) is 2.06. The van der Waals surface area contributed by atoms with Gasteiger partial charge in [-0.15, -0.1) is 0 Å². The van der Waals surface area contributed by atoms with Crippen LogP contribution in [0.15, 0.2) is 30.6 Å². The first-order valence-corrected chi connectivity index (χ1v) is 11.7. The lowest BCUT2D eigenvalue weighted by atomic mass is 9.61. The van der Waals surface area contributed by atoms with Gasteiger partial charge in [0.05, 0.1) is 5.60 Å². The van der Waals surface area contributed by atoms with E-state index in [1.807, 2.05) is 26.0 Å². The van der Waals surface area contributed by atoms with E-state index in [-0.39, 0.29) is 11.0 Å². The minimum atomic E-state index is -0.684. The third-order valence-electron chi connectivity index (χ3n) is 9.04. The first kappa shape index (κ1) is 20.1. The topological polar surface area (TPSA) is 97.2 Å². The summed E-state index contributed by atoms with van der Waals surface area (Å²) in [5, 5.41) is 25.6. The Morgan fingerprint density at radius 1 is 1.22 bits per heavy atom. The molecule has 3 aliphatic carbocycles. The highest BCUT2D eigenvalue weighted by molar-refractivity contribution is 5.87. The quantitative estimate of drug-likeness (QED) is 0.500. The van der Waals surface area contributed by atoms with E-state index in [0.717, 1.165) is 42.3 Å². The Bertz CT molecular complexity index is 1100. The van der Waals surface area contributed by atoms with E-state index in [2.05, 4.69) is 44.7 Å². The van der Waals surface area contributed by atoms with E-state index in [4.69, 9.17) is 5.41 Å². The molecule has 1 aromatic heterocycles. The van der Waals surface area contributed by atoms with E-state index in [0.29, 0.717) is 11.5 Å². The fourth-order valence-electron chi connectivity index (χ4n) is 6.50. The van der Waals surface area contributed by atoms with Gasteiger partial charge >= 0.3 is 0 Å². The fourth-order valence-corrected chi connectivity index (χ4v) is 6.50. The molecule has 0 amide bonds. The van der Waals surface area contributed by atoms with Gasteiger partial charge in [0, 0.05) is 47.1 Å². The SMILES string of the molecule is CN[C@@]1(c2ccc(C=N)c(Nc3cc(N4CC5(C(C)(C)O)CC4C5)ncn3)c2)CC12CC2. The molecular formula is C25H32N6O. The van der Waals surface area contributed by atoms with E-state index in [9.17, 15) is 5.11 Å². The van der Waals surface area contributed by atoms with Gasteiger partial charge in [-0.25, -0.2) is 9.97 Å². The van der Waals surface area contributed by atoms with Gasteiger partial charge in [-0.05, 0) is 70.0 Å². The number of hydrogen-bond acceptors (Lipinski definition) is 7. The highest BCUT2D eigenvalue weighted by Crippen LogP contribution is 2.77. The van der Waals surface area contributed by atoms with E-state index < -0.39 is 5.60 Å². The van der Waals surface area contributed by atoms with E-state index in [1.165, 1.54) is 31.0 Å². The second-order valence-corrected chi connectivity index (χ2v) is 11.0. The number of aliphatic hydroxyl groups is 1. The molecule has 168 valence electrons. The van der Waals surface area contributed by atoms with Crippen molar-refractivity contribution in [2.45, 2.75) is 63.1 Å². The van der Waals surface area contributed by atoms with Crippen molar-refractivity contribution < 1.29 is 5.11 Å². The van der Waals surface area contributed by atoms with Crippen LogP contribution in [-0.2, 0) is 5.54 Å². The molecule has 7 heteroatoms. The zero-order valence-electron chi connectivity index (χ0n) is 19.1. The van der Waals surface area contributed by atoms with Crippen molar-refractivity contribution in [1.29, 1.82) is 5.41 Å². The molecule has 1 spiro atoms. The fraction of sp³-hybridized carbons (Fsp3) is 0.560. The van der Waals surface area contributed by atoms with Gasteiger partial charge < -0.3 is 26.0 Å². The van der Waals surface area contributed by atoms with Crippen LogP contribution >= 0.6 is 0 Å². The minimum Gasteiger partial charge on any atom is -0.390 e. The van der Waals surface area contributed by atoms with Gasteiger partial charge in [-0.2, -0.15) is 0 Å². The Morgan fingerprint density at radius 2 is 2.00 bits per heavy atom. The van der Waals surface area contributed by atoms with Crippen LogP contribution in [-0.4, -0.2) is 46.5 Å². The maximum Gasteiger partial charge on any atom is 0.135 e. The molecule has 2 bridgehead atoms. The molecule has 7 nitrogen and oxygen atoms in total. The molecule has 2 saturated heterocycles. The van der Waals surface area contributed by atoms with Gasteiger partial charge in [-0.3, -0.25) is 0 Å². The van der Waals surface area contributed by atoms with Crippen molar-refractivity contribution in [1.82, 2.24) is 15.3 Å². The summed E-state index contributed by atoms with van der Waals surface area (Å²) in [6, 6.07) is 8.80. The van der Waals surface area contributed by atoms with Crippen molar-refractivity contribution in [3.63, 3.8) is 0 Å². The molecule has 5 aliphatic rings. The lowest BCUT2D eigenvalue weighted by molar-refractivity contribution is -0.0754. The van der Waals surface area contributed by atoms with Crippen LogP contribution in [0.1, 0.15) is 57.1 Å². The number of nitrogens with one attached hydrogen (secondary N) is 3. The summed E-state index contributed by atoms with van der Waals surface area (Å²) in [6.07, 6.45) is 8.80. The van der Waals surface area contributed by atoms with E-state index in [1.54, 1.807) is 6.33 Å².